The van der Waals surface area contributed by atoms with E-state index in [4.69, 9.17) is 0 Å². The molecule has 0 radical (unpaired) electrons. The number of aromatic nitrogens is 1. The highest BCUT2D eigenvalue weighted by atomic mass is 127. The number of benzene rings is 1. The zero-order chi connectivity index (χ0) is 15.0. The number of halogens is 1. The molecule has 0 saturated heterocycles. The normalized spacial score (nSPS) is 20.0. The Morgan fingerprint density at radius 1 is 1.33 bits per heavy atom. The number of fused-ring (bicyclic) bond motifs is 1. The highest BCUT2D eigenvalue weighted by Gasteiger charge is 2.47. The van der Waals surface area contributed by atoms with Crippen LogP contribution >= 0.6 is 22.6 Å². The lowest BCUT2D eigenvalue weighted by atomic mass is 9.89. The summed E-state index contributed by atoms with van der Waals surface area (Å²) in [6.07, 6.45) is 1.17. The van der Waals surface area contributed by atoms with Crippen LogP contribution in [0.2, 0.25) is 0 Å². The largest absolute Gasteiger partial charge is 0.375 e. The maximum absolute atomic E-state index is 12.2. The molecule has 0 saturated carbocycles. The second kappa shape index (κ2) is 5.19. The fourth-order valence-electron chi connectivity index (χ4n) is 2.34. The molecule has 5 nitrogen and oxygen atoms in total. The molecule has 1 aromatic heterocycles. The molecule has 0 unspecified atom stereocenters. The number of aliphatic hydroxyl groups is 1. The zero-order valence-electron chi connectivity index (χ0n) is 10.8. The average molecular weight is 394 g/mol. The number of pyridine rings is 1. The molecule has 2 N–H and O–H groups in total. The highest BCUT2D eigenvalue weighted by Crippen LogP contribution is 2.39. The van der Waals surface area contributed by atoms with Crippen molar-refractivity contribution in [2.75, 3.05) is 5.32 Å². The molecule has 0 spiro atoms. The van der Waals surface area contributed by atoms with Gasteiger partial charge in [0.2, 0.25) is 0 Å². The summed E-state index contributed by atoms with van der Waals surface area (Å²) in [5.41, 5.74) is -0.635. The Morgan fingerprint density at radius 2 is 2.14 bits per heavy atom. The first-order chi connectivity index (χ1) is 10.0. The number of rotatable bonds is 3. The maximum Gasteiger partial charge on any atom is 0.261 e. The molecule has 1 aliphatic heterocycles. The molecule has 1 aliphatic rings. The predicted octanol–water partition coefficient (Wildman–Crippen LogP) is 2.10. The topological polar surface area (TPSA) is 79.3 Å². The summed E-state index contributed by atoms with van der Waals surface area (Å²) >= 11 is 2.09. The summed E-state index contributed by atoms with van der Waals surface area (Å²) < 4.78 is 0.881. The Hall–Kier alpha value is -1.80. The van der Waals surface area contributed by atoms with Crippen LogP contribution in [0.3, 0.4) is 0 Å². The number of nitrogens with zero attached hydrogens (tertiary/aromatic N) is 1. The third-order valence-electron chi connectivity index (χ3n) is 3.42. The first-order valence-corrected chi connectivity index (χ1v) is 7.37. The van der Waals surface area contributed by atoms with Crippen molar-refractivity contribution < 1.29 is 14.7 Å². The zero-order valence-corrected chi connectivity index (χ0v) is 13.0. The lowest BCUT2D eigenvalue weighted by molar-refractivity contribution is -0.133. The molecule has 0 aliphatic carbocycles. The number of nitrogens with one attached hydrogen (secondary N) is 1. The second-order valence-corrected chi connectivity index (χ2v) is 6.06. The van der Waals surface area contributed by atoms with Crippen LogP contribution in [-0.4, -0.2) is 21.8 Å². The van der Waals surface area contributed by atoms with Gasteiger partial charge in [-0.2, -0.15) is 0 Å². The van der Waals surface area contributed by atoms with Gasteiger partial charge in [0.05, 0.1) is 6.42 Å². The van der Waals surface area contributed by atoms with E-state index in [1.807, 2.05) is 6.07 Å². The van der Waals surface area contributed by atoms with Crippen molar-refractivity contribution in [2.45, 2.75) is 12.0 Å². The van der Waals surface area contributed by atoms with Gasteiger partial charge in [-0.15, -0.1) is 0 Å². The highest BCUT2D eigenvalue weighted by molar-refractivity contribution is 14.1. The number of Topliss-reactive ketones (excluding diaryl/α,β-unsaturated/α-hetero) is 1. The number of hydrogen-bond donors (Lipinski definition) is 2. The molecule has 6 heteroatoms. The van der Waals surface area contributed by atoms with Crippen LogP contribution in [-0.2, 0) is 10.4 Å². The van der Waals surface area contributed by atoms with E-state index >= 15 is 0 Å². The third kappa shape index (κ3) is 2.44. The fraction of sp³-hybridized carbons (Fsp3) is 0.133. The Bertz CT molecular complexity index is 733. The number of carbonyl (C=O) groups excluding carboxylic acids is 2. The van der Waals surface area contributed by atoms with Crippen LogP contribution in [0.25, 0.3) is 0 Å². The van der Waals surface area contributed by atoms with Gasteiger partial charge in [0.1, 0.15) is 5.69 Å². The summed E-state index contributed by atoms with van der Waals surface area (Å²) in [6, 6.07) is 10.2. The van der Waals surface area contributed by atoms with E-state index in [0.29, 0.717) is 11.3 Å². The van der Waals surface area contributed by atoms with Gasteiger partial charge in [-0.05, 0) is 52.9 Å². The Labute approximate surface area is 134 Å². The molecule has 1 aromatic carbocycles. The summed E-state index contributed by atoms with van der Waals surface area (Å²) in [5, 5.41) is 13.3. The minimum atomic E-state index is -1.84. The van der Waals surface area contributed by atoms with Gasteiger partial charge in [0, 0.05) is 21.0 Å². The number of amides is 1. The van der Waals surface area contributed by atoms with Crippen LogP contribution in [0, 0.1) is 3.57 Å². The summed E-state index contributed by atoms with van der Waals surface area (Å²) in [7, 11) is 0. The Morgan fingerprint density at radius 3 is 2.86 bits per heavy atom. The summed E-state index contributed by atoms with van der Waals surface area (Å²) in [5.74, 6) is -0.955. The van der Waals surface area contributed by atoms with Gasteiger partial charge in [-0.1, -0.05) is 6.07 Å². The standard InChI is InChI=1S/C15H11IN2O3/c16-9-4-5-11-10(7-9)15(21,14(20)18-11)8-13(19)12-3-1-2-6-17-12/h1-7,21H,8H2,(H,18,20)/t15-/m0/s1. The lowest BCUT2D eigenvalue weighted by Crippen LogP contribution is -2.36. The van der Waals surface area contributed by atoms with E-state index in [1.165, 1.54) is 6.20 Å². The fourth-order valence-corrected chi connectivity index (χ4v) is 2.83. The average Bonchev–Trinajstić information content (AvgIpc) is 2.72. The SMILES string of the molecule is O=C(C[C@@]1(O)C(=O)Nc2ccc(I)cc21)c1ccccn1. The van der Waals surface area contributed by atoms with Crippen molar-refractivity contribution in [2.24, 2.45) is 0 Å². The molecular formula is C15H11IN2O3. The van der Waals surface area contributed by atoms with E-state index in [0.717, 1.165) is 3.57 Å². The lowest BCUT2D eigenvalue weighted by Gasteiger charge is -2.19. The number of hydrogen-bond acceptors (Lipinski definition) is 4. The smallest absolute Gasteiger partial charge is 0.261 e. The van der Waals surface area contributed by atoms with Crippen molar-refractivity contribution in [3.8, 4) is 0 Å². The molecule has 1 atom stereocenters. The van der Waals surface area contributed by atoms with Crippen molar-refractivity contribution in [1.82, 2.24) is 4.98 Å². The molecule has 106 valence electrons. The predicted molar refractivity (Wildman–Crippen MR) is 84.9 cm³/mol. The second-order valence-electron chi connectivity index (χ2n) is 4.82. The molecule has 0 fully saturated rings. The van der Waals surface area contributed by atoms with E-state index in [-0.39, 0.29) is 17.9 Å². The van der Waals surface area contributed by atoms with Crippen molar-refractivity contribution in [3.05, 3.63) is 57.4 Å². The molecule has 2 aromatic rings. The number of ketones is 1. The quantitative estimate of drug-likeness (QED) is 0.618. The van der Waals surface area contributed by atoms with Gasteiger partial charge in [-0.3, -0.25) is 14.6 Å². The third-order valence-corrected chi connectivity index (χ3v) is 4.09. The minimum Gasteiger partial charge on any atom is -0.375 e. The van der Waals surface area contributed by atoms with Gasteiger partial charge in [0.25, 0.3) is 5.91 Å². The van der Waals surface area contributed by atoms with E-state index in [9.17, 15) is 14.7 Å². The van der Waals surface area contributed by atoms with Gasteiger partial charge in [-0.25, -0.2) is 0 Å². The Kier molecular flexibility index (Phi) is 3.50. The number of carbonyl (C=O) groups is 2. The minimum absolute atomic E-state index is 0.234. The van der Waals surface area contributed by atoms with Crippen LogP contribution < -0.4 is 5.32 Å². The molecule has 3 rings (SSSR count). The van der Waals surface area contributed by atoms with Crippen molar-refractivity contribution in [3.63, 3.8) is 0 Å². The van der Waals surface area contributed by atoms with E-state index < -0.39 is 11.5 Å². The summed E-state index contributed by atoms with van der Waals surface area (Å²) in [6.45, 7) is 0. The molecule has 2 heterocycles. The van der Waals surface area contributed by atoms with Crippen LogP contribution in [0.1, 0.15) is 22.5 Å². The van der Waals surface area contributed by atoms with Crippen molar-refractivity contribution >= 4 is 40.0 Å². The number of anilines is 1. The first kappa shape index (κ1) is 14.2. The van der Waals surface area contributed by atoms with E-state index in [2.05, 4.69) is 32.9 Å². The van der Waals surface area contributed by atoms with Crippen molar-refractivity contribution in [1.29, 1.82) is 0 Å². The summed E-state index contributed by atoms with van der Waals surface area (Å²) in [4.78, 5) is 28.3. The maximum atomic E-state index is 12.2. The molecule has 0 bridgehead atoms. The van der Waals surface area contributed by atoms with Gasteiger partial charge in [0.15, 0.2) is 11.4 Å². The first-order valence-electron chi connectivity index (χ1n) is 6.29. The molecule has 21 heavy (non-hydrogen) atoms. The van der Waals surface area contributed by atoms with Crippen LogP contribution in [0.15, 0.2) is 42.6 Å². The van der Waals surface area contributed by atoms with Crippen LogP contribution in [0.5, 0.6) is 0 Å². The van der Waals surface area contributed by atoms with Gasteiger partial charge < -0.3 is 10.4 Å². The Balaban J connectivity index is 1.97. The monoisotopic (exact) mass is 394 g/mol. The van der Waals surface area contributed by atoms with Crippen LogP contribution in [0.4, 0.5) is 5.69 Å². The van der Waals surface area contributed by atoms with E-state index in [1.54, 1.807) is 30.3 Å². The molecular weight excluding hydrogens is 383 g/mol. The van der Waals surface area contributed by atoms with Gasteiger partial charge >= 0.3 is 0 Å². The molecule has 1 amide bonds.